The lowest BCUT2D eigenvalue weighted by molar-refractivity contribution is 0.105. The molecule has 94 valence electrons. The van der Waals surface area contributed by atoms with E-state index in [1.807, 2.05) is 7.05 Å². The standard InChI is InChI=1S/C15H23NO/c1-3-12-6-8-14(9-7-12)15(16-2)11-17-10-13-4-5-13/h6-9,13,15-16H,3-5,10-11H2,1-2H3. The Morgan fingerprint density at radius 3 is 2.53 bits per heavy atom. The van der Waals surface area contributed by atoms with Crippen LogP contribution in [0.4, 0.5) is 0 Å². The minimum Gasteiger partial charge on any atom is -0.379 e. The summed E-state index contributed by atoms with van der Waals surface area (Å²) in [5.41, 5.74) is 2.71. The maximum absolute atomic E-state index is 5.76. The zero-order chi connectivity index (χ0) is 12.1. The second-order valence-electron chi connectivity index (χ2n) is 4.92. The first-order valence-electron chi connectivity index (χ1n) is 6.67. The van der Waals surface area contributed by atoms with Gasteiger partial charge in [0, 0.05) is 6.61 Å². The van der Waals surface area contributed by atoms with E-state index >= 15 is 0 Å². The normalized spacial score (nSPS) is 17.1. The average Bonchev–Trinajstić information content (AvgIpc) is 3.19. The lowest BCUT2D eigenvalue weighted by Crippen LogP contribution is -2.22. The molecular weight excluding hydrogens is 210 g/mol. The summed E-state index contributed by atoms with van der Waals surface area (Å²) in [5.74, 6) is 0.843. The summed E-state index contributed by atoms with van der Waals surface area (Å²) in [4.78, 5) is 0. The first-order chi connectivity index (χ1) is 8.33. The van der Waals surface area contributed by atoms with Gasteiger partial charge in [-0.15, -0.1) is 0 Å². The van der Waals surface area contributed by atoms with E-state index in [4.69, 9.17) is 4.74 Å². The molecule has 0 aromatic heterocycles. The molecule has 1 atom stereocenters. The maximum Gasteiger partial charge on any atom is 0.0661 e. The lowest BCUT2D eigenvalue weighted by atomic mass is 10.0. The van der Waals surface area contributed by atoms with E-state index < -0.39 is 0 Å². The Balaban J connectivity index is 1.85. The minimum atomic E-state index is 0.319. The molecule has 0 radical (unpaired) electrons. The predicted octanol–water partition coefficient (Wildman–Crippen LogP) is 2.94. The average molecular weight is 233 g/mol. The molecule has 1 unspecified atom stereocenters. The number of hydrogen-bond acceptors (Lipinski definition) is 2. The topological polar surface area (TPSA) is 21.3 Å². The summed E-state index contributed by atoms with van der Waals surface area (Å²) in [6.07, 6.45) is 3.81. The number of benzene rings is 1. The second kappa shape index (κ2) is 6.18. The van der Waals surface area contributed by atoms with Crippen LogP contribution in [0.15, 0.2) is 24.3 Å². The van der Waals surface area contributed by atoms with Crippen molar-refractivity contribution in [3.8, 4) is 0 Å². The first-order valence-corrected chi connectivity index (χ1v) is 6.67. The van der Waals surface area contributed by atoms with Crippen LogP contribution in [-0.2, 0) is 11.2 Å². The molecule has 0 heterocycles. The first kappa shape index (κ1) is 12.6. The molecule has 0 bridgehead atoms. The van der Waals surface area contributed by atoms with Gasteiger partial charge in [0.25, 0.3) is 0 Å². The van der Waals surface area contributed by atoms with Gasteiger partial charge in [-0.05, 0) is 43.4 Å². The van der Waals surface area contributed by atoms with Crippen LogP contribution in [0.2, 0.25) is 0 Å². The molecule has 0 amide bonds. The fraction of sp³-hybridized carbons (Fsp3) is 0.600. The molecule has 1 fully saturated rings. The van der Waals surface area contributed by atoms with Gasteiger partial charge in [-0.2, -0.15) is 0 Å². The molecule has 1 saturated carbocycles. The highest BCUT2D eigenvalue weighted by Crippen LogP contribution is 2.29. The minimum absolute atomic E-state index is 0.319. The fourth-order valence-corrected chi connectivity index (χ4v) is 1.97. The largest absolute Gasteiger partial charge is 0.379 e. The van der Waals surface area contributed by atoms with Gasteiger partial charge in [-0.25, -0.2) is 0 Å². The van der Waals surface area contributed by atoms with Crippen molar-refractivity contribution in [2.75, 3.05) is 20.3 Å². The molecule has 0 saturated heterocycles. The van der Waals surface area contributed by atoms with Crippen molar-refractivity contribution in [2.45, 2.75) is 32.2 Å². The van der Waals surface area contributed by atoms with E-state index in [1.54, 1.807) is 0 Å². The lowest BCUT2D eigenvalue weighted by Gasteiger charge is -2.17. The third-order valence-corrected chi connectivity index (χ3v) is 3.47. The van der Waals surface area contributed by atoms with Crippen molar-refractivity contribution in [2.24, 2.45) is 5.92 Å². The van der Waals surface area contributed by atoms with Crippen molar-refractivity contribution >= 4 is 0 Å². The van der Waals surface area contributed by atoms with Gasteiger partial charge in [-0.3, -0.25) is 0 Å². The predicted molar refractivity (Wildman–Crippen MR) is 71.2 cm³/mol. The molecule has 0 aliphatic heterocycles. The summed E-state index contributed by atoms with van der Waals surface area (Å²) in [6.45, 7) is 3.90. The molecule has 1 aliphatic rings. The third kappa shape index (κ3) is 3.83. The van der Waals surface area contributed by atoms with Gasteiger partial charge < -0.3 is 10.1 Å². The van der Waals surface area contributed by atoms with Crippen LogP contribution >= 0.6 is 0 Å². The zero-order valence-electron chi connectivity index (χ0n) is 10.9. The summed E-state index contributed by atoms with van der Waals surface area (Å²) in [5, 5.41) is 3.32. The van der Waals surface area contributed by atoms with Crippen LogP contribution in [0.1, 0.15) is 36.9 Å². The molecule has 1 aliphatic carbocycles. The van der Waals surface area contributed by atoms with E-state index in [0.29, 0.717) is 6.04 Å². The highest BCUT2D eigenvalue weighted by molar-refractivity contribution is 5.25. The van der Waals surface area contributed by atoms with Gasteiger partial charge in [0.2, 0.25) is 0 Å². The monoisotopic (exact) mass is 233 g/mol. The Bertz CT molecular complexity index is 329. The van der Waals surface area contributed by atoms with Crippen molar-refractivity contribution in [3.05, 3.63) is 35.4 Å². The maximum atomic E-state index is 5.76. The molecule has 17 heavy (non-hydrogen) atoms. The summed E-state index contributed by atoms with van der Waals surface area (Å²) in [7, 11) is 2.00. The number of rotatable bonds is 7. The van der Waals surface area contributed by atoms with Crippen LogP contribution in [-0.4, -0.2) is 20.3 Å². The van der Waals surface area contributed by atoms with Crippen molar-refractivity contribution in [3.63, 3.8) is 0 Å². The van der Waals surface area contributed by atoms with Gasteiger partial charge in [0.05, 0.1) is 12.6 Å². The van der Waals surface area contributed by atoms with Gasteiger partial charge in [-0.1, -0.05) is 31.2 Å². The molecule has 1 N–H and O–H groups in total. The molecule has 1 aromatic carbocycles. The van der Waals surface area contributed by atoms with Gasteiger partial charge in [0.15, 0.2) is 0 Å². The Kier molecular flexibility index (Phi) is 4.57. The molecule has 2 nitrogen and oxygen atoms in total. The SMILES string of the molecule is CCc1ccc(C(COCC2CC2)NC)cc1. The van der Waals surface area contributed by atoms with Crippen LogP contribution in [0.3, 0.4) is 0 Å². The molecule has 2 rings (SSSR count). The smallest absolute Gasteiger partial charge is 0.0661 e. The van der Waals surface area contributed by atoms with Crippen LogP contribution < -0.4 is 5.32 Å². The van der Waals surface area contributed by atoms with Crippen LogP contribution in [0, 0.1) is 5.92 Å². The second-order valence-corrected chi connectivity index (χ2v) is 4.92. The third-order valence-electron chi connectivity index (χ3n) is 3.47. The van der Waals surface area contributed by atoms with Crippen LogP contribution in [0.25, 0.3) is 0 Å². The van der Waals surface area contributed by atoms with Gasteiger partial charge in [0.1, 0.15) is 0 Å². The summed E-state index contributed by atoms with van der Waals surface area (Å²) < 4.78 is 5.76. The molecule has 0 spiro atoms. The fourth-order valence-electron chi connectivity index (χ4n) is 1.97. The van der Waals surface area contributed by atoms with E-state index in [0.717, 1.165) is 25.6 Å². The number of hydrogen-bond donors (Lipinski definition) is 1. The number of ether oxygens (including phenoxy) is 1. The number of aryl methyl sites for hydroxylation is 1. The van der Waals surface area contributed by atoms with Gasteiger partial charge >= 0.3 is 0 Å². The number of likely N-dealkylation sites (N-methyl/N-ethyl adjacent to an activating group) is 1. The summed E-state index contributed by atoms with van der Waals surface area (Å²) >= 11 is 0. The Morgan fingerprint density at radius 1 is 1.29 bits per heavy atom. The molecule has 1 aromatic rings. The molecular formula is C15H23NO. The molecule has 2 heteroatoms. The van der Waals surface area contributed by atoms with E-state index in [-0.39, 0.29) is 0 Å². The van der Waals surface area contributed by atoms with E-state index in [2.05, 4.69) is 36.5 Å². The van der Waals surface area contributed by atoms with Crippen LogP contribution in [0.5, 0.6) is 0 Å². The van der Waals surface area contributed by atoms with E-state index in [1.165, 1.54) is 24.0 Å². The Labute approximate surface area is 104 Å². The van der Waals surface area contributed by atoms with Crippen molar-refractivity contribution < 1.29 is 4.74 Å². The highest BCUT2D eigenvalue weighted by atomic mass is 16.5. The quantitative estimate of drug-likeness (QED) is 0.782. The number of nitrogens with one attached hydrogen (secondary N) is 1. The van der Waals surface area contributed by atoms with Crippen molar-refractivity contribution in [1.29, 1.82) is 0 Å². The highest BCUT2D eigenvalue weighted by Gasteiger charge is 2.21. The van der Waals surface area contributed by atoms with Crippen molar-refractivity contribution in [1.82, 2.24) is 5.32 Å². The Morgan fingerprint density at radius 2 is 2.00 bits per heavy atom. The Hall–Kier alpha value is -0.860. The summed E-state index contributed by atoms with van der Waals surface area (Å²) in [6, 6.07) is 9.15. The van der Waals surface area contributed by atoms with E-state index in [9.17, 15) is 0 Å². The zero-order valence-corrected chi connectivity index (χ0v) is 10.9.